The molecule has 7 heteroatoms. The van der Waals surface area contributed by atoms with Crippen molar-refractivity contribution in [3.8, 4) is 11.5 Å². The Hall–Kier alpha value is -1.76. The van der Waals surface area contributed by atoms with Crippen LogP contribution in [0.4, 0.5) is 0 Å². The fourth-order valence-electron chi connectivity index (χ4n) is 1.64. The van der Waals surface area contributed by atoms with Crippen molar-refractivity contribution in [3.05, 3.63) is 22.2 Å². The number of halogens is 1. The molecule has 0 radical (unpaired) electrons. The molecule has 1 aliphatic heterocycles. The highest BCUT2D eigenvalue weighted by Gasteiger charge is 2.26. The van der Waals surface area contributed by atoms with Crippen molar-refractivity contribution in [2.75, 3.05) is 13.8 Å². The van der Waals surface area contributed by atoms with Crippen LogP contribution in [0.3, 0.4) is 0 Å². The molecule has 0 fully saturated rings. The minimum absolute atomic E-state index is 0.104. The summed E-state index contributed by atoms with van der Waals surface area (Å²) in [7, 11) is 1.44. The molecule has 0 bridgehead atoms. The van der Waals surface area contributed by atoms with E-state index in [0.29, 0.717) is 21.5 Å². The number of fused-ring (bicyclic) bond motifs is 1. The van der Waals surface area contributed by atoms with Gasteiger partial charge in [0, 0.05) is 12.6 Å². The van der Waals surface area contributed by atoms with Gasteiger partial charge < -0.3 is 19.5 Å². The largest absolute Gasteiger partial charge is 0.480 e. The van der Waals surface area contributed by atoms with Gasteiger partial charge in [-0.1, -0.05) is 0 Å². The van der Waals surface area contributed by atoms with E-state index in [4.69, 9.17) is 14.6 Å². The molecule has 1 N–H and O–H groups in total. The molecule has 1 heterocycles. The summed E-state index contributed by atoms with van der Waals surface area (Å²) in [4.78, 5) is 24.2. The Morgan fingerprint density at radius 1 is 1.42 bits per heavy atom. The maximum atomic E-state index is 12.2. The van der Waals surface area contributed by atoms with Gasteiger partial charge in [0.15, 0.2) is 11.5 Å². The van der Waals surface area contributed by atoms with Gasteiger partial charge in [-0.15, -0.1) is 0 Å². The first-order valence-electron chi connectivity index (χ1n) is 5.51. The molecule has 0 saturated heterocycles. The Morgan fingerprint density at radius 2 is 2.11 bits per heavy atom. The Morgan fingerprint density at radius 3 is 2.74 bits per heavy atom. The normalized spacial score (nSPS) is 14.1. The quantitative estimate of drug-likeness (QED) is 0.913. The number of rotatable bonds is 3. The number of benzene rings is 1. The zero-order chi connectivity index (χ0) is 14.2. The number of carbonyl (C=O) groups is 2. The lowest BCUT2D eigenvalue weighted by molar-refractivity contribution is -0.141. The zero-order valence-corrected chi connectivity index (χ0v) is 11.9. The summed E-state index contributed by atoms with van der Waals surface area (Å²) >= 11 is 3.29. The van der Waals surface area contributed by atoms with Crippen LogP contribution in [-0.2, 0) is 4.79 Å². The first-order chi connectivity index (χ1) is 8.91. The van der Waals surface area contributed by atoms with Crippen LogP contribution in [0.15, 0.2) is 16.6 Å². The lowest BCUT2D eigenvalue weighted by Gasteiger charge is -2.21. The van der Waals surface area contributed by atoms with Gasteiger partial charge in [0.2, 0.25) is 6.79 Å². The fraction of sp³-hybridized carbons (Fsp3) is 0.333. The summed E-state index contributed by atoms with van der Waals surface area (Å²) in [6.45, 7) is 1.55. The maximum absolute atomic E-state index is 12.2. The molecular formula is C12H12BrNO5. The van der Waals surface area contributed by atoms with Gasteiger partial charge in [-0.25, -0.2) is 4.79 Å². The molecule has 1 amide bonds. The fourth-order valence-corrected chi connectivity index (χ4v) is 2.19. The second kappa shape index (κ2) is 5.08. The maximum Gasteiger partial charge on any atom is 0.326 e. The highest BCUT2D eigenvalue weighted by molar-refractivity contribution is 9.10. The van der Waals surface area contributed by atoms with E-state index in [0.717, 1.165) is 4.90 Å². The molecule has 0 aromatic heterocycles. The van der Waals surface area contributed by atoms with E-state index >= 15 is 0 Å². The van der Waals surface area contributed by atoms with E-state index in [-0.39, 0.29) is 6.79 Å². The summed E-state index contributed by atoms with van der Waals surface area (Å²) in [6.07, 6.45) is 0. The summed E-state index contributed by atoms with van der Waals surface area (Å²) in [5.41, 5.74) is 0.340. The van der Waals surface area contributed by atoms with Gasteiger partial charge in [-0.05, 0) is 35.0 Å². The number of hydrogen-bond acceptors (Lipinski definition) is 4. The van der Waals surface area contributed by atoms with Crippen LogP contribution < -0.4 is 9.47 Å². The number of carbonyl (C=O) groups excluding carboxylic acids is 1. The summed E-state index contributed by atoms with van der Waals surface area (Å²) in [6, 6.07) is 2.22. The second-order valence-electron chi connectivity index (χ2n) is 4.12. The highest BCUT2D eigenvalue weighted by Crippen LogP contribution is 2.40. The number of amides is 1. The summed E-state index contributed by atoms with van der Waals surface area (Å²) in [5, 5.41) is 8.91. The van der Waals surface area contributed by atoms with Crippen molar-refractivity contribution in [1.29, 1.82) is 0 Å². The average Bonchev–Trinajstić information content (AvgIpc) is 2.84. The topological polar surface area (TPSA) is 76.1 Å². The van der Waals surface area contributed by atoms with Gasteiger partial charge in [0.25, 0.3) is 5.91 Å². The summed E-state index contributed by atoms with van der Waals surface area (Å²) < 4.78 is 11.0. The lowest BCUT2D eigenvalue weighted by atomic mass is 10.1. The van der Waals surface area contributed by atoms with Crippen molar-refractivity contribution in [1.82, 2.24) is 4.90 Å². The molecule has 1 aromatic carbocycles. The zero-order valence-electron chi connectivity index (χ0n) is 10.3. The average molecular weight is 330 g/mol. The molecule has 0 saturated carbocycles. The third kappa shape index (κ3) is 2.51. The van der Waals surface area contributed by atoms with Crippen LogP contribution in [0.5, 0.6) is 11.5 Å². The van der Waals surface area contributed by atoms with Crippen molar-refractivity contribution in [2.24, 2.45) is 0 Å². The van der Waals surface area contributed by atoms with Crippen LogP contribution in [-0.4, -0.2) is 41.8 Å². The molecule has 19 heavy (non-hydrogen) atoms. The number of ether oxygens (including phenoxy) is 2. The number of nitrogens with zero attached hydrogens (tertiary/aromatic N) is 1. The van der Waals surface area contributed by atoms with E-state index in [2.05, 4.69) is 15.9 Å². The van der Waals surface area contributed by atoms with Gasteiger partial charge in [0.05, 0.1) is 4.47 Å². The van der Waals surface area contributed by atoms with Gasteiger partial charge in [0.1, 0.15) is 6.04 Å². The molecule has 1 aromatic rings. The van der Waals surface area contributed by atoms with E-state index in [1.165, 1.54) is 14.0 Å². The molecule has 6 nitrogen and oxygen atoms in total. The van der Waals surface area contributed by atoms with E-state index < -0.39 is 17.9 Å². The minimum atomic E-state index is -1.06. The second-order valence-corrected chi connectivity index (χ2v) is 4.98. The van der Waals surface area contributed by atoms with Crippen LogP contribution in [0.1, 0.15) is 17.3 Å². The van der Waals surface area contributed by atoms with Crippen molar-refractivity contribution in [3.63, 3.8) is 0 Å². The standard InChI is InChI=1S/C12H12BrNO5/c1-6(12(16)17)14(2)11(15)7-3-8(13)10-9(4-7)18-5-19-10/h3-4,6H,5H2,1-2H3,(H,16,17)/t6-/m0/s1. The Labute approximate surface area is 118 Å². The Bertz CT molecular complexity index is 545. The predicted octanol–water partition coefficient (Wildman–Crippen LogP) is 1.72. The van der Waals surface area contributed by atoms with Gasteiger partial charge in [-0.2, -0.15) is 0 Å². The smallest absolute Gasteiger partial charge is 0.326 e. The molecule has 1 aliphatic rings. The van der Waals surface area contributed by atoms with Crippen LogP contribution in [0.2, 0.25) is 0 Å². The number of carboxylic acids is 1. The first kappa shape index (κ1) is 13.7. The Kier molecular flexibility index (Phi) is 3.66. The summed E-state index contributed by atoms with van der Waals surface area (Å²) in [5.74, 6) is -0.441. The third-order valence-corrected chi connectivity index (χ3v) is 3.52. The Balaban J connectivity index is 2.30. The van der Waals surface area contributed by atoms with Gasteiger partial charge >= 0.3 is 5.97 Å². The SMILES string of the molecule is C[C@@H](C(=O)O)N(C)C(=O)c1cc(Br)c2c(c1)OCO2. The third-order valence-electron chi connectivity index (χ3n) is 2.93. The van der Waals surface area contributed by atoms with Crippen molar-refractivity contribution in [2.45, 2.75) is 13.0 Å². The number of likely N-dealkylation sites (N-methyl/N-ethyl adjacent to an activating group) is 1. The van der Waals surface area contributed by atoms with Crippen LogP contribution in [0, 0.1) is 0 Å². The van der Waals surface area contributed by atoms with E-state index in [9.17, 15) is 9.59 Å². The molecule has 0 spiro atoms. The number of carboxylic acid groups (broad SMARTS) is 1. The van der Waals surface area contributed by atoms with Gasteiger partial charge in [-0.3, -0.25) is 4.79 Å². The first-order valence-corrected chi connectivity index (χ1v) is 6.30. The van der Waals surface area contributed by atoms with Crippen molar-refractivity contribution >= 4 is 27.8 Å². The minimum Gasteiger partial charge on any atom is -0.480 e. The molecule has 2 rings (SSSR count). The monoisotopic (exact) mass is 329 g/mol. The van der Waals surface area contributed by atoms with Crippen LogP contribution in [0.25, 0.3) is 0 Å². The van der Waals surface area contributed by atoms with E-state index in [1.54, 1.807) is 12.1 Å². The molecular weight excluding hydrogens is 318 g/mol. The molecule has 1 atom stereocenters. The van der Waals surface area contributed by atoms with E-state index in [1.807, 2.05) is 0 Å². The van der Waals surface area contributed by atoms with Crippen LogP contribution >= 0.6 is 15.9 Å². The molecule has 102 valence electrons. The molecule has 0 aliphatic carbocycles. The van der Waals surface area contributed by atoms with Crippen molar-refractivity contribution < 1.29 is 24.2 Å². The lowest BCUT2D eigenvalue weighted by Crippen LogP contribution is -2.40. The molecule has 0 unspecified atom stereocenters. The highest BCUT2D eigenvalue weighted by atomic mass is 79.9. The predicted molar refractivity (Wildman–Crippen MR) is 69.5 cm³/mol. The number of hydrogen-bond donors (Lipinski definition) is 1. The number of aliphatic carboxylic acids is 1.